The van der Waals surface area contributed by atoms with Crippen LogP contribution in [0, 0.1) is 6.92 Å². The van der Waals surface area contributed by atoms with Gasteiger partial charge in [-0.3, -0.25) is 19.3 Å². The van der Waals surface area contributed by atoms with Gasteiger partial charge < -0.3 is 19.4 Å². The smallest absolute Gasteiger partial charge is 0.305 e. The van der Waals surface area contributed by atoms with Gasteiger partial charge in [0.05, 0.1) is 52.6 Å². The number of carbonyl (C=O) groups is 3. The molecule has 0 aromatic carbocycles. The van der Waals surface area contributed by atoms with Gasteiger partial charge >= 0.3 is 5.97 Å². The third-order valence-corrected chi connectivity index (χ3v) is 13.8. The van der Waals surface area contributed by atoms with Crippen molar-refractivity contribution in [3.63, 3.8) is 0 Å². The molecule has 6 heterocycles. The molecular formula is C52H73N5O5. The normalized spacial score (nSPS) is 17.3. The molecule has 2 aromatic heterocycles. The van der Waals surface area contributed by atoms with Crippen LogP contribution < -0.4 is 0 Å². The van der Waals surface area contributed by atoms with Gasteiger partial charge in [-0.25, -0.2) is 9.97 Å². The number of aryl methyl sites for hydroxylation is 1. The second kappa shape index (κ2) is 21.7. The number of fused-ring (bicyclic) bond motifs is 8. The number of aromatic nitrogens is 4. The number of hydrogen-bond donors (Lipinski definition) is 2. The molecule has 2 amide bonds. The topological polar surface area (TPSA) is 130 Å². The Labute approximate surface area is 370 Å². The van der Waals surface area contributed by atoms with E-state index in [0.717, 1.165) is 106 Å². The van der Waals surface area contributed by atoms with Crippen LogP contribution in [0.1, 0.15) is 230 Å². The Morgan fingerprint density at radius 3 is 2.03 bits per heavy atom. The van der Waals surface area contributed by atoms with E-state index >= 15 is 4.79 Å². The first kappa shape index (κ1) is 46.9. The first-order chi connectivity index (χ1) is 29.9. The van der Waals surface area contributed by atoms with Gasteiger partial charge in [0.15, 0.2) is 0 Å². The van der Waals surface area contributed by atoms with Crippen molar-refractivity contribution in [2.24, 2.45) is 0 Å². The van der Waals surface area contributed by atoms with Gasteiger partial charge in [-0.2, -0.15) is 0 Å². The first-order valence-corrected chi connectivity index (χ1v) is 24.0. The quantitative estimate of drug-likeness (QED) is 0.0685. The molecular weight excluding hydrogens is 775 g/mol. The summed E-state index contributed by atoms with van der Waals surface area (Å²) in [5, 5.41) is 0. The number of carbonyl (C=O) groups excluding carboxylic acids is 3. The third-order valence-electron chi connectivity index (χ3n) is 13.8. The Morgan fingerprint density at radius 2 is 1.37 bits per heavy atom. The van der Waals surface area contributed by atoms with E-state index in [4.69, 9.17) is 19.4 Å². The summed E-state index contributed by atoms with van der Waals surface area (Å²) >= 11 is 0. The summed E-state index contributed by atoms with van der Waals surface area (Å²) in [4.78, 5) is 61.6. The van der Waals surface area contributed by atoms with E-state index in [1.165, 1.54) is 69.8 Å². The second-order valence-corrected chi connectivity index (χ2v) is 18.0. The molecule has 1 unspecified atom stereocenters. The molecule has 0 radical (unpaired) electrons. The summed E-state index contributed by atoms with van der Waals surface area (Å²) in [6.45, 7) is 18.1. The average molecular weight is 848 g/mol. The molecule has 3 atom stereocenters. The number of aromatic amines is 2. The Kier molecular flexibility index (Phi) is 16.4. The molecule has 0 saturated heterocycles. The van der Waals surface area contributed by atoms with E-state index in [9.17, 15) is 9.59 Å². The maximum absolute atomic E-state index is 15.0. The summed E-state index contributed by atoms with van der Waals surface area (Å²) in [7, 11) is 1.41. The van der Waals surface area contributed by atoms with Gasteiger partial charge in [-0.05, 0) is 93.9 Å². The molecule has 62 heavy (non-hydrogen) atoms. The van der Waals surface area contributed by atoms with Crippen LogP contribution >= 0.6 is 0 Å². The lowest BCUT2D eigenvalue weighted by Crippen LogP contribution is -2.41. The van der Waals surface area contributed by atoms with E-state index in [-0.39, 0.29) is 42.1 Å². The van der Waals surface area contributed by atoms with Crippen molar-refractivity contribution < 1.29 is 23.9 Å². The number of hydrogen-bond acceptors (Lipinski definition) is 7. The van der Waals surface area contributed by atoms with Crippen molar-refractivity contribution >= 4 is 51.1 Å². The number of esters is 1. The number of ether oxygens (including phenoxy) is 2. The van der Waals surface area contributed by atoms with Gasteiger partial charge in [0, 0.05) is 53.9 Å². The van der Waals surface area contributed by atoms with E-state index in [2.05, 4.69) is 70.6 Å². The molecule has 8 bridgehead atoms. The molecule has 10 nitrogen and oxygen atoms in total. The van der Waals surface area contributed by atoms with Crippen LogP contribution in [0.15, 0.2) is 18.2 Å². The minimum atomic E-state index is -0.308. The number of H-pyrrole nitrogens is 2. The van der Waals surface area contributed by atoms with Gasteiger partial charge in [-0.15, -0.1) is 0 Å². The molecule has 0 fully saturated rings. The molecule has 10 heteroatoms. The number of amides is 2. The van der Waals surface area contributed by atoms with E-state index in [1.807, 2.05) is 13.0 Å². The predicted molar refractivity (Wildman–Crippen MR) is 251 cm³/mol. The predicted octanol–water partition coefficient (Wildman–Crippen LogP) is 13.0. The van der Waals surface area contributed by atoms with Gasteiger partial charge in [0.1, 0.15) is 0 Å². The molecule has 0 saturated carbocycles. The highest BCUT2D eigenvalue weighted by Gasteiger charge is 2.40. The van der Waals surface area contributed by atoms with Crippen LogP contribution in [0.4, 0.5) is 0 Å². The highest BCUT2D eigenvalue weighted by Crippen LogP contribution is 2.45. The number of allylic oxidation sites excluding steroid dienone is 3. The van der Waals surface area contributed by atoms with Crippen LogP contribution in [0.5, 0.6) is 0 Å². The number of unbranched alkanes of at least 4 members (excludes halogenated alkanes) is 12. The zero-order chi connectivity index (χ0) is 44.5. The van der Waals surface area contributed by atoms with Crippen molar-refractivity contribution in [1.82, 2.24) is 24.8 Å². The molecule has 0 aliphatic carbocycles. The molecule has 0 spiro atoms. The second-order valence-electron chi connectivity index (χ2n) is 18.0. The summed E-state index contributed by atoms with van der Waals surface area (Å²) in [5.74, 6) is -1.21. The Bertz CT molecular complexity index is 2240. The van der Waals surface area contributed by atoms with E-state index < -0.39 is 0 Å². The lowest BCUT2D eigenvalue weighted by molar-refractivity contribution is -0.140. The Morgan fingerprint density at radius 1 is 0.758 bits per heavy atom. The SMILES string of the molecule is CCCCCCCCCCCCN1C(=O)c2c3[nH]c(cc4nc(cc5nc(cc6[nH]c2c(c6C)C1=O)C(CC)=C5C)C(C(C)OCCCCCC)=C4C)[C@@H](C)[C@@H]3CCC(=O)OC. The van der Waals surface area contributed by atoms with Crippen LogP contribution in [-0.2, 0) is 14.3 Å². The number of rotatable bonds is 22. The van der Waals surface area contributed by atoms with Gasteiger partial charge in [0.25, 0.3) is 11.8 Å². The van der Waals surface area contributed by atoms with Crippen molar-refractivity contribution in [3.8, 4) is 0 Å². The molecule has 6 rings (SSSR count). The molecule has 4 aliphatic heterocycles. The van der Waals surface area contributed by atoms with Crippen molar-refractivity contribution in [2.75, 3.05) is 20.3 Å². The highest BCUT2D eigenvalue weighted by atomic mass is 16.5. The number of imide groups is 1. The standard InChI is InChI=1S/C52H73N5O5/c1-10-13-15-17-18-19-20-21-22-23-27-57-51(59)47-35(7)42-30-43-37(12-3)32(4)39(53-43)31-44-46(36(8)62-28-24-16-14-11-2)34(6)41(54-44)29-40-33(5)38(25-26-45(58)61-9)49(55-40)48(52(57)60)50(47)56-42/h29-31,33,36,38,55-56H,10-28H2,1-9H3/t33-,36?,38-/m0/s1. The lowest BCUT2D eigenvalue weighted by Gasteiger charge is -2.27. The summed E-state index contributed by atoms with van der Waals surface area (Å²) in [5.41, 5.74) is 12.3. The zero-order valence-electron chi connectivity index (χ0n) is 39.3. The first-order valence-electron chi connectivity index (χ1n) is 24.0. The fourth-order valence-corrected chi connectivity index (χ4v) is 9.89. The minimum absolute atomic E-state index is 0.100. The highest BCUT2D eigenvalue weighted by molar-refractivity contribution is 6.23. The molecule has 2 N–H and O–H groups in total. The number of methoxy groups -OCH3 is 1. The summed E-state index contributed by atoms with van der Waals surface area (Å²) in [6.07, 6.45) is 17.4. The van der Waals surface area contributed by atoms with E-state index in [0.29, 0.717) is 36.2 Å². The average Bonchev–Trinajstić information content (AvgIpc) is 3.94. The zero-order valence-corrected chi connectivity index (χ0v) is 39.3. The number of nitrogens with one attached hydrogen (secondary N) is 2. The Balaban J connectivity index is 1.51. The van der Waals surface area contributed by atoms with Crippen LogP contribution in [0.2, 0.25) is 0 Å². The van der Waals surface area contributed by atoms with Crippen molar-refractivity contribution in [3.05, 3.63) is 69.1 Å². The van der Waals surface area contributed by atoms with Crippen LogP contribution in [0.25, 0.3) is 33.3 Å². The summed E-state index contributed by atoms with van der Waals surface area (Å²) < 4.78 is 11.6. The van der Waals surface area contributed by atoms with Gasteiger partial charge in [0.2, 0.25) is 0 Å². The number of nitrogens with zero attached hydrogens (tertiary/aromatic N) is 3. The molecule has 336 valence electrons. The monoisotopic (exact) mass is 848 g/mol. The minimum Gasteiger partial charge on any atom is -0.469 e. The molecule has 2 aromatic rings. The fraction of sp³-hybridized carbons (Fsp3) is 0.596. The van der Waals surface area contributed by atoms with Crippen molar-refractivity contribution in [1.29, 1.82) is 0 Å². The van der Waals surface area contributed by atoms with Crippen LogP contribution in [0.3, 0.4) is 0 Å². The fourth-order valence-electron chi connectivity index (χ4n) is 9.89. The Hall–Kier alpha value is -4.57. The third kappa shape index (κ3) is 10.1. The van der Waals surface area contributed by atoms with E-state index in [1.54, 1.807) is 0 Å². The van der Waals surface area contributed by atoms with Gasteiger partial charge in [-0.1, -0.05) is 105 Å². The maximum Gasteiger partial charge on any atom is 0.305 e. The van der Waals surface area contributed by atoms with Crippen LogP contribution in [-0.4, -0.2) is 69.0 Å². The molecule has 4 aliphatic rings. The lowest BCUT2D eigenvalue weighted by atomic mass is 9.84. The maximum atomic E-state index is 15.0. The van der Waals surface area contributed by atoms with Crippen molar-refractivity contribution in [2.45, 2.75) is 182 Å². The summed E-state index contributed by atoms with van der Waals surface area (Å²) in [6, 6.07) is 6.25. The largest absolute Gasteiger partial charge is 0.469 e.